The Morgan fingerprint density at radius 3 is 2.58 bits per heavy atom. The van der Waals surface area contributed by atoms with Gasteiger partial charge in [-0.2, -0.15) is 0 Å². The van der Waals surface area contributed by atoms with Crippen molar-refractivity contribution in [2.45, 2.75) is 0 Å². The van der Waals surface area contributed by atoms with Gasteiger partial charge in [0.1, 0.15) is 5.56 Å². The van der Waals surface area contributed by atoms with Crippen molar-refractivity contribution in [3.63, 3.8) is 0 Å². The zero-order valence-electron chi connectivity index (χ0n) is 15.2. The van der Waals surface area contributed by atoms with E-state index in [2.05, 4.69) is 20.2 Å². The van der Waals surface area contributed by atoms with Crippen molar-refractivity contribution in [3.05, 3.63) is 83.9 Å². The summed E-state index contributed by atoms with van der Waals surface area (Å²) in [4.78, 5) is 30.7. The van der Waals surface area contributed by atoms with Gasteiger partial charge in [0.15, 0.2) is 5.01 Å². The summed E-state index contributed by atoms with van der Waals surface area (Å²) in [7, 11) is 0. The molecule has 2 aromatic heterocycles. The molecule has 0 radical (unpaired) electrons. The van der Waals surface area contributed by atoms with Crippen molar-refractivity contribution in [1.82, 2.24) is 19.7 Å². The number of hydrogen-bond donors (Lipinski definition) is 2. The van der Waals surface area contributed by atoms with Crippen LogP contribution in [0.2, 0.25) is 15.1 Å². The van der Waals surface area contributed by atoms with Crippen LogP contribution in [-0.4, -0.2) is 31.1 Å². The summed E-state index contributed by atoms with van der Waals surface area (Å²) in [6, 6.07) is 11.3. The number of nitrogens with one attached hydrogen (secondary N) is 1. The lowest BCUT2D eigenvalue weighted by atomic mass is 10.2. The smallest absolute Gasteiger partial charge is 0.335 e. The van der Waals surface area contributed by atoms with E-state index in [0.29, 0.717) is 20.6 Å². The average Bonchev–Trinajstić information content (AvgIpc) is 3.17. The largest absolute Gasteiger partial charge is 0.493 e. The quantitative estimate of drug-likeness (QED) is 0.407. The number of halogens is 3. The summed E-state index contributed by atoms with van der Waals surface area (Å²) in [6.07, 6.45) is 1.09. The molecule has 12 heteroatoms. The Morgan fingerprint density at radius 1 is 1.06 bits per heavy atom. The van der Waals surface area contributed by atoms with Crippen molar-refractivity contribution in [2.75, 3.05) is 0 Å². The number of para-hydroxylation sites is 1. The highest BCUT2D eigenvalue weighted by Gasteiger charge is 2.16. The lowest BCUT2D eigenvalue weighted by molar-refractivity contribution is 0.430. The fourth-order valence-corrected chi connectivity index (χ4v) is 4.17. The molecule has 0 amide bonds. The number of hydrogen-bond acceptors (Lipinski definition) is 7. The van der Waals surface area contributed by atoms with Crippen LogP contribution in [0.3, 0.4) is 0 Å². The molecule has 4 aromatic rings. The highest BCUT2D eigenvalue weighted by molar-refractivity contribution is 7.18. The Labute approximate surface area is 193 Å². The Hall–Kier alpha value is -2.98. The van der Waals surface area contributed by atoms with Gasteiger partial charge < -0.3 is 5.11 Å². The summed E-state index contributed by atoms with van der Waals surface area (Å²) in [5.74, 6) is -0.615. The molecule has 0 aliphatic rings. The molecule has 0 spiro atoms. The van der Waals surface area contributed by atoms with Crippen LogP contribution < -0.4 is 11.2 Å². The van der Waals surface area contributed by atoms with E-state index in [0.717, 1.165) is 22.1 Å². The lowest BCUT2D eigenvalue weighted by Crippen LogP contribution is -2.31. The minimum absolute atomic E-state index is 0.202. The van der Waals surface area contributed by atoms with Crippen LogP contribution in [0.4, 0.5) is 5.13 Å². The second-order valence-corrected chi connectivity index (χ2v) is 8.26. The molecule has 2 N–H and O–H groups in total. The molecule has 2 aromatic carbocycles. The fourth-order valence-electron chi connectivity index (χ4n) is 2.67. The number of aromatic amines is 1. The highest BCUT2D eigenvalue weighted by atomic mass is 35.5. The molecular formula is C19H10Cl3N5O3S. The maximum absolute atomic E-state index is 12.3. The third-order valence-corrected chi connectivity index (χ3v) is 5.83. The summed E-state index contributed by atoms with van der Waals surface area (Å²) >= 11 is 19.3. The van der Waals surface area contributed by atoms with Crippen molar-refractivity contribution in [1.29, 1.82) is 0 Å². The molecule has 0 unspecified atom stereocenters. The number of nitrogens with zero attached hydrogens (tertiary/aromatic N) is 4. The number of aromatic nitrogens is 4. The van der Waals surface area contributed by atoms with Gasteiger partial charge in [0.2, 0.25) is 11.0 Å². The third kappa shape index (κ3) is 4.26. The van der Waals surface area contributed by atoms with Crippen LogP contribution >= 0.6 is 46.1 Å². The Kier molecular flexibility index (Phi) is 5.92. The predicted molar refractivity (Wildman–Crippen MR) is 122 cm³/mol. The average molecular weight is 495 g/mol. The van der Waals surface area contributed by atoms with Crippen molar-refractivity contribution in [3.8, 4) is 22.1 Å². The molecular weight excluding hydrogens is 485 g/mol. The molecule has 0 fully saturated rings. The number of aromatic hydroxyl groups is 1. The molecule has 2 heterocycles. The summed E-state index contributed by atoms with van der Waals surface area (Å²) in [5, 5.41) is 20.3. The standard InChI is InChI=1S/C19H10Cl3N5O3S/c20-9-5-6-10(13(22)7-9)16-25-26-18(31-16)23-8-11-15(28)24-19(30)27(17(11)29)14-4-2-1-3-12(14)21/h1-8,29H,(H,24,28,30). The van der Waals surface area contributed by atoms with E-state index in [9.17, 15) is 14.7 Å². The first kappa shape index (κ1) is 21.3. The summed E-state index contributed by atoms with van der Waals surface area (Å²) < 4.78 is 0.879. The SMILES string of the molecule is O=c1[nH]c(=O)n(-c2ccccc2Cl)c(O)c1C=Nc1nnc(-c2ccc(Cl)cc2Cl)s1. The van der Waals surface area contributed by atoms with Gasteiger partial charge in [-0.05, 0) is 30.3 Å². The second-order valence-electron chi connectivity index (χ2n) is 6.06. The first-order chi connectivity index (χ1) is 14.8. The second kappa shape index (κ2) is 8.64. The van der Waals surface area contributed by atoms with Crippen LogP contribution in [0.5, 0.6) is 5.88 Å². The summed E-state index contributed by atoms with van der Waals surface area (Å²) in [5.41, 5.74) is -1.09. The summed E-state index contributed by atoms with van der Waals surface area (Å²) in [6.45, 7) is 0. The van der Waals surface area contributed by atoms with Gasteiger partial charge in [-0.3, -0.25) is 9.78 Å². The van der Waals surface area contributed by atoms with Gasteiger partial charge in [-0.15, -0.1) is 10.2 Å². The Balaban J connectivity index is 1.73. The lowest BCUT2D eigenvalue weighted by Gasteiger charge is -2.10. The zero-order valence-corrected chi connectivity index (χ0v) is 18.3. The molecule has 0 bridgehead atoms. The predicted octanol–water partition coefficient (Wildman–Crippen LogP) is 4.46. The molecule has 0 aliphatic carbocycles. The molecule has 0 saturated carbocycles. The molecule has 0 atom stereocenters. The van der Waals surface area contributed by atoms with Crippen LogP contribution in [0, 0.1) is 0 Å². The van der Waals surface area contributed by atoms with E-state index < -0.39 is 17.1 Å². The first-order valence-corrected chi connectivity index (χ1v) is 10.5. The van der Waals surface area contributed by atoms with Gasteiger partial charge in [-0.25, -0.2) is 14.4 Å². The molecule has 0 aliphatic heterocycles. The number of aliphatic imine (C=N–C) groups is 1. The fraction of sp³-hybridized carbons (Fsp3) is 0. The number of rotatable bonds is 4. The zero-order chi connectivity index (χ0) is 22.1. The normalized spacial score (nSPS) is 11.3. The van der Waals surface area contributed by atoms with Crippen LogP contribution in [0.1, 0.15) is 5.56 Å². The van der Waals surface area contributed by atoms with E-state index >= 15 is 0 Å². The van der Waals surface area contributed by atoms with Gasteiger partial charge in [0, 0.05) is 16.8 Å². The van der Waals surface area contributed by atoms with Crippen molar-refractivity contribution < 1.29 is 5.11 Å². The molecule has 4 rings (SSSR count). The van der Waals surface area contributed by atoms with Crippen LogP contribution in [-0.2, 0) is 0 Å². The van der Waals surface area contributed by atoms with E-state index in [1.807, 2.05) is 0 Å². The van der Waals surface area contributed by atoms with E-state index in [4.69, 9.17) is 34.8 Å². The highest BCUT2D eigenvalue weighted by Crippen LogP contribution is 2.34. The Bertz CT molecular complexity index is 1440. The molecule has 156 valence electrons. The number of H-pyrrole nitrogens is 1. The maximum Gasteiger partial charge on any atom is 0.335 e. The molecule has 8 nitrogen and oxygen atoms in total. The Morgan fingerprint density at radius 2 is 1.84 bits per heavy atom. The van der Waals surface area contributed by atoms with Crippen molar-refractivity contribution in [2.24, 2.45) is 4.99 Å². The maximum atomic E-state index is 12.3. The van der Waals surface area contributed by atoms with Gasteiger partial charge in [0.25, 0.3) is 5.56 Å². The van der Waals surface area contributed by atoms with E-state index in [1.165, 1.54) is 6.07 Å². The first-order valence-electron chi connectivity index (χ1n) is 8.51. The minimum atomic E-state index is -0.844. The third-order valence-electron chi connectivity index (χ3n) is 4.09. The molecule has 31 heavy (non-hydrogen) atoms. The number of benzene rings is 2. The van der Waals surface area contributed by atoms with Crippen LogP contribution in [0.15, 0.2) is 57.0 Å². The molecule has 0 saturated heterocycles. The van der Waals surface area contributed by atoms with E-state index in [1.54, 1.807) is 36.4 Å². The van der Waals surface area contributed by atoms with Gasteiger partial charge in [-0.1, -0.05) is 58.3 Å². The van der Waals surface area contributed by atoms with E-state index in [-0.39, 0.29) is 21.4 Å². The van der Waals surface area contributed by atoms with Crippen molar-refractivity contribution >= 4 is 57.5 Å². The van der Waals surface area contributed by atoms with Gasteiger partial charge >= 0.3 is 5.69 Å². The topological polar surface area (TPSA) is 113 Å². The van der Waals surface area contributed by atoms with Crippen LogP contribution in [0.25, 0.3) is 16.3 Å². The monoisotopic (exact) mass is 493 g/mol. The minimum Gasteiger partial charge on any atom is -0.493 e. The van der Waals surface area contributed by atoms with Gasteiger partial charge in [0.05, 0.1) is 15.7 Å².